The van der Waals surface area contributed by atoms with Gasteiger partial charge in [0.1, 0.15) is 0 Å². The van der Waals surface area contributed by atoms with Crippen LogP contribution in [-0.4, -0.2) is 35.5 Å². The van der Waals surface area contributed by atoms with E-state index in [1.807, 2.05) is 17.5 Å². The van der Waals surface area contributed by atoms with Crippen LogP contribution in [0.1, 0.15) is 43.3 Å². The fourth-order valence-corrected chi connectivity index (χ4v) is 2.99. The molecule has 2 heterocycles. The molecule has 0 aliphatic carbocycles. The first-order valence-electron chi connectivity index (χ1n) is 6.56. The van der Waals surface area contributed by atoms with Gasteiger partial charge in [0.2, 0.25) is 0 Å². The lowest BCUT2D eigenvalue weighted by molar-refractivity contribution is 0.0815. The number of hydrogen-bond acceptors (Lipinski definition) is 3. The van der Waals surface area contributed by atoms with Crippen molar-refractivity contribution in [3.63, 3.8) is 0 Å². The Morgan fingerprint density at radius 1 is 1.39 bits per heavy atom. The summed E-state index contributed by atoms with van der Waals surface area (Å²) in [5.41, 5.74) is 0.239. The van der Waals surface area contributed by atoms with Gasteiger partial charge in [-0.05, 0) is 45.1 Å². The standard InChI is InChI=1S/C14H22N2OS/c1-14(2,3)16-8-6-11(7-9-16)15-13(17)12-5-4-10-18-12/h4-5,10-11H,6-9H2,1-3H3,(H,15,17). The molecule has 1 aliphatic rings. The van der Waals surface area contributed by atoms with Crippen LogP contribution in [0.3, 0.4) is 0 Å². The van der Waals surface area contributed by atoms with Crippen molar-refractivity contribution in [2.75, 3.05) is 13.1 Å². The second kappa shape index (κ2) is 5.41. The van der Waals surface area contributed by atoms with E-state index in [4.69, 9.17) is 0 Å². The Morgan fingerprint density at radius 2 is 2.06 bits per heavy atom. The molecule has 0 unspecified atom stereocenters. The van der Waals surface area contributed by atoms with Crippen LogP contribution < -0.4 is 5.32 Å². The normalized spacial score (nSPS) is 18.8. The second-order valence-corrected chi connectivity index (χ2v) is 6.83. The first kappa shape index (κ1) is 13.6. The van der Waals surface area contributed by atoms with Gasteiger partial charge < -0.3 is 5.32 Å². The summed E-state index contributed by atoms with van der Waals surface area (Å²) < 4.78 is 0. The molecule has 0 atom stereocenters. The Bertz CT molecular complexity index is 386. The van der Waals surface area contributed by atoms with E-state index in [1.165, 1.54) is 11.3 Å². The molecular formula is C14H22N2OS. The monoisotopic (exact) mass is 266 g/mol. The fourth-order valence-electron chi connectivity index (χ4n) is 2.36. The van der Waals surface area contributed by atoms with Crippen LogP contribution in [0.25, 0.3) is 0 Å². The van der Waals surface area contributed by atoms with Crippen molar-refractivity contribution in [2.45, 2.75) is 45.2 Å². The predicted molar refractivity (Wildman–Crippen MR) is 76.1 cm³/mol. The number of piperidine rings is 1. The number of amides is 1. The van der Waals surface area contributed by atoms with E-state index in [-0.39, 0.29) is 11.4 Å². The third-order valence-corrected chi connectivity index (χ3v) is 4.39. The topological polar surface area (TPSA) is 32.3 Å². The van der Waals surface area contributed by atoms with E-state index in [1.54, 1.807) is 0 Å². The van der Waals surface area contributed by atoms with Crippen LogP contribution in [0.5, 0.6) is 0 Å². The maximum absolute atomic E-state index is 11.9. The Balaban J connectivity index is 1.82. The van der Waals surface area contributed by atoms with Crippen LogP contribution in [0, 0.1) is 0 Å². The number of nitrogens with zero attached hydrogens (tertiary/aromatic N) is 1. The van der Waals surface area contributed by atoms with Crippen LogP contribution in [-0.2, 0) is 0 Å². The van der Waals surface area contributed by atoms with Crippen molar-refractivity contribution in [3.05, 3.63) is 22.4 Å². The highest BCUT2D eigenvalue weighted by Gasteiger charge is 2.27. The van der Waals surface area contributed by atoms with Crippen LogP contribution >= 0.6 is 11.3 Å². The van der Waals surface area contributed by atoms with Crippen LogP contribution in [0.15, 0.2) is 17.5 Å². The van der Waals surface area contributed by atoms with Crippen LogP contribution in [0.4, 0.5) is 0 Å². The molecule has 3 nitrogen and oxygen atoms in total. The van der Waals surface area contributed by atoms with Gasteiger partial charge in [-0.1, -0.05) is 6.07 Å². The van der Waals surface area contributed by atoms with Crippen molar-refractivity contribution in [1.82, 2.24) is 10.2 Å². The zero-order valence-corrected chi connectivity index (χ0v) is 12.2. The van der Waals surface area contributed by atoms with Gasteiger partial charge in [-0.15, -0.1) is 11.3 Å². The third-order valence-electron chi connectivity index (χ3n) is 3.52. The second-order valence-electron chi connectivity index (χ2n) is 5.88. The van der Waals surface area contributed by atoms with E-state index < -0.39 is 0 Å². The van der Waals surface area contributed by atoms with E-state index >= 15 is 0 Å². The van der Waals surface area contributed by atoms with Gasteiger partial charge in [-0.25, -0.2) is 0 Å². The molecule has 0 saturated carbocycles. The molecule has 4 heteroatoms. The molecule has 0 bridgehead atoms. The van der Waals surface area contributed by atoms with Gasteiger partial charge in [0.15, 0.2) is 0 Å². The van der Waals surface area contributed by atoms with E-state index in [9.17, 15) is 4.79 Å². The van der Waals surface area contributed by atoms with Gasteiger partial charge in [-0.2, -0.15) is 0 Å². The Hall–Kier alpha value is -0.870. The quantitative estimate of drug-likeness (QED) is 0.892. The van der Waals surface area contributed by atoms with Crippen molar-refractivity contribution < 1.29 is 4.79 Å². The molecular weight excluding hydrogens is 244 g/mol. The summed E-state index contributed by atoms with van der Waals surface area (Å²) in [6.07, 6.45) is 2.10. The molecule has 1 saturated heterocycles. The summed E-state index contributed by atoms with van der Waals surface area (Å²) in [7, 11) is 0. The van der Waals surface area contributed by atoms with Crippen molar-refractivity contribution in [1.29, 1.82) is 0 Å². The summed E-state index contributed by atoms with van der Waals surface area (Å²) in [5.74, 6) is 0.0826. The molecule has 2 rings (SSSR count). The highest BCUT2D eigenvalue weighted by atomic mass is 32.1. The molecule has 1 aromatic heterocycles. The number of hydrogen-bond donors (Lipinski definition) is 1. The zero-order valence-electron chi connectivity index (χ0n) is 11.4. The molecule has 1 aromatic rings. The number of nitrogens with one attached hydrogen (secondary N) is 1. The molecule has 1 fully saturated rings. The average Bonchev–Trinajstić information content (AvgIpc) is 2.82. The Morgan fingerprint density at radius 3 is 2.56 bits per heavy atom. The number of likely N-dealkylation sites (tertiary alicyclic amines) is 1. The number of carbonyl (C=O) groups is 1. The molecule has 1 aliphatic heterocycles. The molecule has 0 radical (unpaired) electrons. The highest BCUT2D eigenvalue weighted by Crippen LogP contribution is 2.20. The number of rotatable bonds is 2. The summed E-state index contributed by atoms with van der Waals surface area (Å²) in [6, 6.07) is 4.13. The molecule has 0 aromatic carbocycles. The Labute approximate surface area is 113 Å². The fraction of sp³-hybridized carbons (Fsp3) is 0.643. The largest absolute Gasteiger partial charge is 0.349 e. The molecule has 100 valence electrons. The average molecular weight is 266 g/mol. The minimum atomic E-state index is 0.0826. The maximum atomic E-state index is 11.9. The first-order chi connectivity index (χ1) is 8.47. The van der Waals surface area contributed by atoms with Crippen molar-refractivity contribution >= 4 is 17.2 Å². The summed E-state index contributed by atoms with van der Waals surface area (Å²) in [4.78, 5) is 15.2. The lowest BCUT2D eigenvalue weighted by Crippen LogP contribution is -2.50. The van der Waals surface area contributed by atoms with Crippen molar-refractivity contribution in [3.8, 4) is 0 Å². The van der Waals surface area contributed by atoms with Crippen molar-refractivity contribution in [2.24, 2.45) is 0 Å². The lowest BCUT2D eigenvalue weighted by Gasteiger charge is -2.41. The summed E-state index contributed by atoms with van der Waals surface area (Å²) in [6.45, 7) is 8.88. The minimum absolute atomic E-state index is 0.0826. The SMILES string of the molecule is CC(C)(C)N1CCC(NC(=O)c2cccs2)CC1. The molecule has 18 heavy (non-hydrogen) atoms. The highest BCUT2D eigenvalue weighted by molar-refractivity contribution is 7.12. The molecule has 0 spiro atoms. The van der Waals surface area contributed by atoms with E-state index in [0.29, 0.717) is 6.04 Å². The van der Waals surface area contributed by atoms with E-state index in [2.05, 4.69) is 31.0 Å². The number of carbonyl (C=O) groups excluding carboxylic acids is 1. The minimum Gasteiger partial charge on any atom is -0.349 e. The van der Waals surface area contributed by atoms with E-state index in [0.717, 1.165) is 30.8 Å². The van der Waals surface area contributed by atoms with Gasteiger partial charge in [0.05, 0.1) is 4.88 Å². The maximum Gasteiger partial charge on any atom is 0.261 e. The predicted octanol–water partition coefficient (Wildman–Crippen LogP) is 2.74. The number of thiophene rings is 1. The summed E-state index contributed by atoms with van der Waals surface area (Å²) >= 11 is 1.50. The Kier molecular flexibility index (Phi) is 4.07. The molecule has 1 amide bonds. The van der Waals surface area contributed by atoms with Gasteiger partial charge in [0.25, 0.3) is 5.91 Å². The molecule has 1 N–H and O–H groups in total. The lowest BCUT2D eigenvalue weighted by atomic mass is 9.98. The van der Waals surface area contributed by atoms with Gasteiger partial charge >= 0.3 is 0 Å². The van der Waals surface area contributed by atoms with Gasteiger partial charge in [-0.3, -0.25) is 9.69 Å². The smallest absolute Gasteiger partial charge is 0.261 e. The van der Waals surface area contributed by atoms with Gasteiger partial charge in [0, 0.05) is 24.7 Å². The first-order valence-corrected chi connectivity index (χ1v) is 7.44. The third kappa shape index (κ3) is 3.33. The van der Waals surface area contributed by atoms with Crippen LogP contribution in [0.2, 0.25) is 0 Å². The zero-order chi connectivity index (χ0) is 13.2. The summed E-state index contributed by atoms with van der Waals surface area (Å²) in [5, 5.41) is 5.08.